The third-order valence-electron chi connectivity index (χ3n) is 8.21. The van der Waals surface area contributed by atoms with Crippen molar-refractivity contribution in [3.63, 3.8) is 0 Å². The molecular formula is C27H34N4O2. The van der Waals surface area contributed by atoms with E-state index in [1.165, 1.54) is 10.9 Å². The fourth-order valence-electron chi connectivity index (χ4n) is 5.66. The van der Waals surface area contributed by atoms with E-state index in [1.54, 1.807) is 13.1 Å². The van der Waals surface area contributed by atoms with Crippen molar-refractivity contribution in [1.82, 2.24) is 20.3 Å². The summed E-state index contributed by atoms with van der Waals surface area (Å²) in [7, 11) is 0. The highest BCUT2D eigenvalue weighted by molar-refractivity contribution is 5.81. The van der Waals surface area contributed by atoms with Gasteiger partial charge >= 0.3 is 0 Å². The number of pyridine rings is 2. The van der Waals surface area contributed by atoms with E-state index in [4.69, 9.17) is 0 Å². The second-order valence-corrected chi connectivity index (χ2v) is 10.5. The lowest BCUT2D eigenvalue weighted by molar-refractivity contribution is -0.128. The van der Waals surface area contributed by atoms with Gasteiger partial charge in [0.1, 0.15) is 11.2 Å². The topological polar surface area (TPSA) is 90.9 Å². The minimum Gasteiger partial charge on any atom is -0.382 e. The van der Waals surface area contributed by atoms with Crippen molar-refractivity contribution >= 4 is 16.9 Å². The molecule has 33 heavy (non-hydrogen) atoms. The zero-order chi connectivity index (χ0) is 23.2. The van der Waals surface area contributed by atoms with Crippen molar-refractivity contribution in [1.29, 1.82) is 0 Å². The summed E-state index contributed by atoms with van der Waals surface area (Å²) in [4.78, 5) is 25.4. The van der Waals surface area contributed by atoms with Crippen LogP contribution in [-0.2, 0) is 10.4 Å². The number of carbonyl (C=O) groups is 1. The Morgan fingerprint density at radius 2 is 2.00 bits per heavy atom. The molecule has 3 aromatic heterocycles. The number of aromatic nitrogens is 3. The average Bonchev–Trinajstić information content (AvgIpc) is 3.47. The number of hydrogen-bond acceptors (Lipinski definition) is 4. The minimum absolute atomic E-state index is 0.00886. The Morgan fingerprint density at radius 1 is 1.18 bits per heavy atom. The Bertz CT molecular complexity index is 1180. The first-order chi connectivity index (χ1) is 15.8. The van der Waals surface area contributed by atoms with Crippen molar-refractivity contribution in [2.75, 3.05) is 6.54 Å². The van der Waals surface area contributed by atoms with Crippen LogP contribution in [0.4, 0.5) is 0 Å². The third-order valence-corrected chi connectivity index (χ3v) is 8.21. The number of amides is 1. The maximum absolute atomic E-state index is 13.4. The second-order valence-electron chi connectivity index (χ2n) is 10.5. The van der Waals surface area contributed by atoms with E-state index >= 15 is 0 Å². The summed E-state index contributed by atoms with van der Waals surface area (Å²) in [6.07, 6.45) is 12.0. The largest absolute Gasteiger partial charge is 0.382 e. The van der Waals surface area contributed by atoms with Crippen LogP contribution >= 0.6 is 0 Å². The molecule has 3 atom stereocenters. The standard InChI is InChI=1S/C27H34N4O2/c1-17-14-23(30-15-18(17)2)26(3,33)16-31-25(32)22-5-4-19(6-9-27(22)10-11-27)20-7-12-28-24-21(20)8-13-29-24/h7-8,12-15,19,22,33H,4-6,9-11,16H2,1-3H3,(H,28,29)(H,31,32)/t19?,22-,26-/m1/s1. The van der Waals surface area contributed by atoms with Crippen LogP contribution < -0.4 is 5.32 Å². The first-order valence-corrected chi connectivity index (χ1v) is 12.1. The van der Waals surface area contributed by atoms with Gasteiger partial charge < -0.3 is 15.4 Å². The van der Waals surface area contributed by atoms with E-state index in [-0.39, 0.29) is 23.8 Å². The molecule has 3 aromatic rings. The third kappa shape index (κ3) is 4.17. The van der Waals surface area contributed by atoms with Crippen LogP contribution in [0.3, 0.4) is 0 Å². The molecule has 2 saturated carbocycles. The summed E-state index contributed by atoms with van der Waals surface area (Å²) in [6.45, 7) is 5.92. The molecule has 0 bridgehead atoms. The zero-order valence-electron chi connectivity index (χ0n) is 19.8. The highest BCUT2D eigenvalue weighted by Crippen LogP contribution is 2.60. The van der Waals surface area contributed by atoms with Gasteiger partial charge in [-0.2, -0.15) is 0 Å². The van der Waals surface area contributed by atoms with Gasteiger partial charge in [-0.15, -0.1) is 0 Å². The first-order valence-electron chi connectivity index (χ1n) is 12.1. The number of aryl methyl sites for hydroxylation is 2. The predicted molar refractivity (Wildman–Crippen MR) is 129 cm³/mol. The van der Waals surface area contributed by atoms with E-state index in [0.29, 0.717) is 11.6 Å². The van der Waals surface area contributed by atoms with Crippen LogP contribution in [0, 0.1) is 25.2 Å². The van der Waals surface area contributed by atoms with Crippen LogP contribution in [0.2, 0.25) is 0 Å². The van der Waals surface area contributed by atoms with Crippen LogP contribution in [0.25, 0.3) is 11.0 Å². The fourth-order valence-corrected chi connectivity index (χ4v) is 5.66. The normalized spacial score (nSPS) is 23.8. The Kier molecular flexibility index (Phi) is 5.52. The molecule has 3 N–H and O–H groups in total. The van der Waals surface area contributed by atoms with Gasteiger partial charge in [0.05, 0.1) is 12.2 Å². The van der Waals surface area contributed by atoms with Crippen molar-refractivity contribution < 1.29 is 9.90 Å². The number of carbonyl (C=O) groups excluding carboxylic acids is 1. The number of nitrogens with zero attached hydrogens (tertiary/aromatic N) is 2. The van der Waals surface area contributed by atoms with Gasteiger partial charge in [-0.25, -0.2) is 4.98 Å². The van der Waals surface area contributed by atoms with Gasteiger partial charge in [-0.1, -0.05) is 0 Å². The maximum atomic E-state index is 13.4. The smallest absolute Gasteiger partial charge is 0.223 e. The molecule has 6 nitrogen and oxygen atoms in total. The molecule has 174 valence electrons. The number of hydrogen-bond donors (Lipinski definition) is 3. The van der Waals surface area contributed by atoms with E-state index < -0.39 is 5.60 Å². The van der Waals surface area contributed by atoms with E-state index in [0.717, 1.165) is 55.3 Å². The highest BCUT2D eigenvalue weighted by atomic mass is 16.3. The van der Waals surface area contributed by atoms with Crippen LogP contribution in [-0.4, -0.2) is 32.5 Å². The lowest BCUT2D eigenvalue weighted by Crippen LogP contribution is -2.43. The average molecular weight is 447 g/mol. The van der Waals surface area contributed by atoms with Gasteiger partial charge in [0.25, 0.3) is 0 Å². The lowest BCUT2D eigenvalue weighted by Gasteiger charge is -2.28. The fraction of sp³-hybridized carbons (Fsp3) is 0.519. The van der Waals surface area contributed by atoms with Gasteiger partial charge in [0.2, 0.25) is 5.91 Å². The number of rotatable bonds is 5. The number of H-pyrrole nitrogens is 1. The summed E-state index contributed by atoms with van der Waals surface area (Å²) in [5.74, 6) is 0.540. The van der Waals surface area contributed by atoms with Gasteiger partial charge in [0, 0.05) is 29.9 Å². The number of fused-ring (bicyclic) bond motifs is 1. The van der Waals surface area contributed by atoms with Crippen LogP contribution in [0.15, 0.2) is 36.8 Å². The Hall–Kier alpha value is -2.73. The molecule has 1 amide bonds. The Morgan fingerprint density at radius 3 is 2.76 bits per heavy atom. The second kappa shape index (κ2) is 8.24. The summed E-state index contributed by atoms with van der Waals surface area (Å²) < 4.78 is 0. The number of aromatic amines is 1. The number of aliphatic hydroxyl groups is 1. The Balaban J connectivity index is 1.28. The van der Waals surface area contributed by atoms with E-state index in [9.17, 15) is 9.90 Å². The molecule has 5 rings (SSSR count). The molecule has 2 aliphatic rings. The highest BCUT2D eigenvalue weighted by Gasteiger charge is 2.53. The van der Waals surface area contributed by atoms with Crippen molar-refractivity contribution in [2.45, 2.75) is 70.8 Å². The maximum Gasteiger partial charge on any atom is 0.223 e. The minimum atomic E-state index is -1.20. The monoisotopic (exact) mass is 446 g/mol. The van der Waals surface area contributed by atoms with Crippen molar-refractivity contribution in [2.24, 2.45) is 11.3 Å². The van der Waals surface area contributed by atoms with E-state index in [2.05, 4.69) is 32.4 Å². The summed E-state index contributed by atoms with van der Waals surface area (Å²) in [5, 5.41) is 15.3. The molecule has 3 heterocycles. The van der Waals surface area contributed by atoms with Crippen molar-refractivity contribution in [3.05, 3.63) is 59.2 Å². The molecule has 0 aliphatic heterocycles. The molecule has 1 spiro atoms. The summed E-state index contributed by atoms with van der Waals surface area (Å²) in [5.41, 5.74) is 4.00. The van der Waals surface area contributed by atoms with Crippen molar-refractivity contribution in [3.8, 4) is 0 Å². The molecule has 0 radical (unpaired) electrons. The van der Waals surface area contributed by atoms with E-state index in [1.807, 2.05) is 32.3 Å². The van der Waals surface area contributed by atoms with Gasteiger partial charge in [0.15, 0.2) is 0 Å². The quantitative estimate of drug-likeness (QED) is 0.532. The summed E-state index contributed by atoms with van der Waals surface area (Å²) >= 11 is 0. The molecule has 0 aromatic carbocycles. The zero-order valence-corrected chi connectivity index (χ0v) is 19.8. The summed E-state index contributed by atoms with van der Waals surface area (Å²) in [6, 6.07) is 6.17. The van der Waals surface area contributed by atoms with Crippen LogP contribution in [0.1, 0.15) is 73.8 Å². The first kappa shape index (κ1) is 22.1. The molecular weight excluding hydrogens is 412 g/mol. The molecule has 0 saturated heterocycles. The molecule has 1 unspecified atom stereocenters. The van der Waals surface area contributed by atoms with Crippen LogP contribution in [0.5, 0.6) is 0 Å². The SMILES string of the molecule is Cc1cnc([C@](C)(O)CNC(=O)[C@H]2CCC(c3ccnc4[nH]ccc34)CCC23CC3)cc1C. The predicted octanol–water partition coefficient (Wildman–Crippen LogP) is 4.65. The Labute approximate surface area is 195 Å². The van der Waals surface area contributed by atoms with Gasteiger partial charge in [-0.3, -0.25) is 9.78 Å². The number of nitrogens with one attached hydrogen (secondary N) is 2. The molecule has 2 fully saturated rings. The molecule has 2 aliphatic carbocycles. The molecule has 6 heteroatoms. The lowest BCUT2D eigenvalue weighted by atomic mass is 9.84. The van der Waals surface area contributed by atoms with Gasteiger partial charge in [-0.05, 0) is 106 Å².